The van der Waals surface area contributed by atoms with Gasteiger partial charge in [0, 0.05) is 29.7 Å². The van der Waals surface area contributed by atoms with Crippen molar-refractivity contribution >= 4 is 29.3 Å². The van der Waals surface area contributed by atoms with Crippen LogP contribution in [0.1, 0.15) is 32.3 Å². The van der Waals surface area contributed by atoms with E-state index in [1.807, 2.05) is 20.8 Å². The van der Waals surface area contributed by atoms with Gasteiger partial charge < -0.3 is 15.3 Å². The summed E-state index contributed by atoms with van der Waals surface area (Å²) >= 11 is 6.03. The number of carbonyl (C=O) groups is 2. The second-order valence-corrected chi connectivity index (χ2v) is 5.53. The highest BCUT2D eigenvalue weighted by molar-refractivity contribution is 6.31. The molecular formula is C15H21ClN2O3. The van der Waals surface area contributed by atoms with E-state index in [0.717, 1.165) is 5.56 Å². The molecule has 0 aliphatic carbocycles. The molecule has 2 N–H and O–H groups in total. The minimum absolute atomic E-state index is 0.0155. The molecule has 1 aromatic carbocycles. The fraction of sp³-hybridized carbons (Fsp3) is 0.467. The lowest BCUT2D eigenvalue weighted by Crippen LogP contribution is -2.41. The zero-order valence-corrected chi connectivity index (χ0v) is 13.3. The van der Waals surface area contributed by atoms with E-state index >= 15 is 0 Å². The molecule has 0 unspecified atom stereocenters. The first-order valence-electron chi connectivity index (χ1n) is 6.87. The molecule has 0 spiro atoms. The van der Waals surface area contributed by atoms with E-state index in [-0.39, 0.29) is 18.5 Å². The van der Waals surface area contributed by atoms with Gasteiger partial charge in [-0.2, -0.15) is 0 Å². The number of nitrogens with zero attached hydrogens (tertiary/aromatic N) is 1. The van der Waals surface area contributed by atoms with Gasteiger partial charge in [-0.3, -0.25) is 4.79 Å². The molecule has 0 fully saturated rings. The number of carbonyl (C=O) groups excluding carboxylic acids is 1. The highest BCUT2D eigenvalue weighted by Crippen LogP contribution is 2.23. The van der Waals surface area contributed by atoms with Crippen LogP contribution in [-0.2, 0) is 4.79 Å². The van der Waals surface area contributed by atoms with E-state index in [2.05, 4.69) is 5.32 Å². The van der Waals surface area contributed by atoms with E-state index in [9.17, 15) is 9.59 Å². The Morgan fingerprint density at radius 2 is 2.05 bits per heavy atom. The van der Waals surface area contributed by atoms with Crippen molar-refractivity contribution < 1.29 is 14.7 Å². The SMILES string of the molecule is Cc1c(Cl)cccc1NC(=O)N(CCCC(=O)O)C(C)C. The van der Waals surface area contributed by atoms with Gasteiger partial charge in [0.05, 0.1) is 0 Å². The Hall–Kier alpha value is -1.75. The molecule has 0 heterocycles. The number of carboxylic acid groups (broad SMARTS) is 1. The summed E-state index contributed by atoms with van der Waals surface area (Å²) in [5.74, 6) is -0.857. The molecule has 0 aliphatic heterocycles. The third kappa shape index (κ3) is 5.27. The molecule has 0 radical (unpaired) electrons. The maximum atomic E-state index is 12.3. The Labute approximate surface area is 129 Å². The number of rotatable bonds is 6. The summed E-state index contributed by atoms with van der Waals surface area (Å²) in [7, 11) is 0. The molecule has 5 nitrogen and oxygen atoms in total. The van der Waals surface area contributed by atoms with Gasteiger partial charge in [0.15, 0.2) is 0 Å². The fourth-order valence-electron chi connectivity index (χ4n) is 1.92. The van der Waals surface area contributed by atoms with Crippen LogP contribution in [0, 0.1) is 6.92 Å². The van der Waals surface area contributed by atoms with Crippen LogP contribution < -0.4 is 5.32 Å². The third-order valence-electron chi connectivity index (χ3n) is 3.18. The highest BCUT2D eigenvalue weighted by atomic mass is 35.5. The maximum absolute atomic E-state index is 12.3. The topological polar surface area (TPSA) is 69.6 Å². The summed E-state index contributed by atoms with van der Waals surface area (Å²) in [6, 6.07) is 5.06. The molecule has 1 aromatic rings. The van der Waals surface area contributed by atoms with Gasteiger partial charge in [-0.15, -0.1) is 0 Å². The average Bonchev–Trinajstić information content (AvgIpc) is 2.39. The molecule has 0 atom stereocenters. The van der Waals surface area contributed by atoms with Gasteiger partial charge in [0.1, 0.15) is 0 Å². The molecule has 21 heavy (non-hydrogen) atoms. The van der Waals surface area contributed by atoms with Crippen molar-refractivity contribution in [2.24, 2.45) is 0 Å². The van der Waals surface area contributed by atoms with E-state index in [0.29, 0.717) is 23.7 Å². The number of aliphatic carboxylic acids is 1. The lowest BCUT2D eigenvalue weighted by Gasteiger charge is -2.27. The number of nitrogens with one attached hydrogen (secondary N) is 1. The fourth-order valence-corrected chi connectivity index (χ4v) is 2.10. The molecule has 116 valence electrons. The smallest absolute Gasteiger partial charge is 0.322 e. The first-order valence-corrected chi connectivity index (χ1v) is 7.25. The van der Waals surface area contributed by atoms with Crippen molar-refractivity contribution in [3.63, 3.8) is 0 Å². The summed E-state index contributed by atoms with van der Waals surface area (Å²) < 4.78 is 0. The first-order chi connectivity index (χ1) is 9.82. The van der Waals surface area contributed by atoms with E-state index in [4.69, 9.17) is 16.7 Å². The number of halogens is 1. The Kier molecular flexibility index (Phi) is 6.49. The molecule has 0 bridgehead atoms. The lowest BCUT2D eigenvalue weighted by molar-refractivity contribution is -0.137. The predicted molar refractivity (Wildman–Crippen MR) is 83.9 cm³/mol. The van der Waals surface area contributed by atoms with E-state index < -0.39 is 5.97 Å². The zero-order valence-electron chi connectivity index (χ0n) is 12.5. The third-order valence-corrected chi connectivity index (χ3v) is 3.59. The normalized spacial score (nSPS) is 10.5. The van der Waals surface area contributed by atoms with Crippen LogP contribution in [0.4, 0.5) is 10.5 Å². The second-order valence-electron chi connectivity index (χ2n) is 5.13. The van der Waals surface area contributed by atoms with E-state index in [1.165, 1.54) is 0 Å². The Morgan fingerprint density at radius 3 is 2.62 bits per heavy atom. The Balaban J connectivity index is 2.73. The van der Waals surface area contributed by atoms with Crippen LogP contribution in [0.25, 0.3) is 0 Å². The predicted octanol–water partition coefficient (Wildman–Crippen LogP) is 3.76. The lowest BCUT2D eigenvalue weighted by atomic mass is 10.2. The molecular weight excluding hydrogens is 292 g/mol. The number of hydrogen-bond donors (Lipinski definition) is 2. The van der Waals surface area contributed by atoms with Gasteiger partial charge in [0.2, 0.25) is 0 Å². The number of amides is 2. The number of benzene rings is 1. The standard InChI is InChI=1S/C15H21ClN2O3/c1-10(2)18(9-5-8-14(19)20)15(21)17-13-7-4-6-12(16)11(13)3/h4,6-7,10H,5,8-9H2,1-3H3,(H,17,21)(H,19,20). The minimum atomic E-state index is -0.857. The van der Waals surface area contributed by atoms with Crippen molar-refractivity contribution in [2.75, 3.05) is 11.9 Å². The first kappa shape index (κ1) is 17.3. The molecule has 0 saturated heterocycles. The Bertz CT molecular complexity index is 518. The van der Waals surface area contributed by atoms with Gasteiger partial charge in [-0.25, -0.2) is 4.79 Å². The molecule has 6 heteroatoms. The van der Waals surface area contributed by atoms with Crippen LogP contribution in [0.3, 0.4) is 0 Å². The molecule has 0 saturated carbocycles. The number of anilines is 1. The number of carboxylic acids is 1. The van der Waals surface area contributed by atoms with Crippen molar-refractivity contribution in [3.05, 3.63) is 28.8 Å². The van der Waals surface area contributed by atoms with Crippen molar-refractivity contribution in [1.29, 1.82) is 0 Å². The Morgan fingerprint density at radius 1 is 1.38 bits per heavy atom. The quantitative estimate of drug-likeness (QED) is 0.840. The highest BCUT2D eigenvalue weighted by Gasteiger charge is 2.18. The van der Waals surface area contributed by atoms with Crippen LogP contribution in [0.2, 0.25) is 5.02 Å². The maximum Gasteiger partial charge on any atom is 0.322 e. The van der Waals surface area contributed by atoms with Gasteiger partial charge in [0.25, 0.3) is 0 Å². The molecule has 2 amide bonds. The van der Waals surface area contributed by atoms with Crippen molar-refractivity contribution in [1.82, 2.24) is 4.90 Å². The number of hydrogen-bond acceptors (Lipinski definition) is 2. The average molecular weight is 313 g/mol. The van der Waals surface area contributed by atoms with Crippen LogP contribution in [-0.4, -0.2) is 34.6 Å². The van der Waals surface area contributed by atoms with E-state index in [1.54, 1.807) is 23.1 Å². The second kappa shape index (κ2) is 7.88. The van der Waals surface area contributed by atoms with Crippen LogP contribution >= 0.6 is 11.6 Å². The van der Waals surface area contributed by atoms with Gasteiger partial charge >= 0.3 is 12.0 Å². The monoisotopic (exact) mass is 312 g/mol. The van der Waals surface area contributed by atoms with Crippen molar-refractivity contribution in [2.45, 2.75) is 39.7 Å². The number of urea groups is 1. The minimum Gasteiger partial charge on any atom is -0.481 e. The van der Waals surface area contributed by atoms with Gasteiger partial charge in [-0.1, -0.05) is 17.7 Å². The molecule has 0 aliphatic rings. The van der Waals surface area contributed by atoms with Crippen molar-refractivity contribution in [3.8, 4) is 0 Å². The largest absolute Gasteiger partial charge is 0.481 e. The summed E-state index contributed by atoms with van der Waals surface area (Å²) in [6.07, 6.45) is 0.474. The van der Waals surface area contributed by atoms with Crippen LogP contribution in [0.5, 0.6) is 0 Å². The van der Waals surface area contributed by atoms with Gasteiger partial charge in [-0.05, 0) is 44.9 Å². The summed E-state index contributed by atoms with van der Waals surface area (Å²) in [5.41, 5.74) is 1.47. The van der Waals surface area contributed by atoms with Crippen LogP contribution in [0.15, 0.2) is 18.2 Å². The summed E-state index contributed by atoms with van der Waals surface area (Å²) in [5, 5.41) is 12.1. The summed E-state index contributed by atoms with van der Waals surface area (Å²) in [6.45, 7) is 6.02. The molecule has 0 aromatic heterocycles. The molecule has 1 rings (SSSR count). The summed E-state index contributed by atoms with van der Waals surface area (Å²) in [4.78, 5) is 24.5. The zero-order chi connectivity index (χ0) is 16.0.